The molecular weight excluding hydrogens is 312 g/mol. The number of benzene rings is 1. The van der Waals surface area contributed by atoms with Crippen molar-refractivity contribution in [2.24, 2.45) is 5.92 Å². The van der Waals surface area contributed by atoms with Gasteiger partial charge in [-0.15, -0.1) is 0 Å². The highest BCUT2D eigenvalue weighted by Gasteiger charge is 2.23. The molecule has 1 aliphatic heterocycles. The van der Waals surface area contributed by atoms with Crippen molar-refractivity contribution in [3.8, 4) is 11.5 Å². The van der Waals surface area contributed by atoms with Crippen molar-refractivity contribution in [3.05, 3.63) is 21.7 Å². The average molecular weight is 329 g/mol. The van der Waals surface area contributed by atoms with Crippen LogP contribution in [0.1, 0.15) is 25.0 Å². The number of carbonyl (C=O) groups is 1. The Morgan fingerprint density at radius 2 is 2.05 bits per heavy atom. The first-order valence-corrected chi connectivity index (χ1v) is 7.16. The molecular formula is C14H17BrO4. The maximum absolute atomic E-state index is 11.0. The number of carboxylic acid groups (broad SMARTS) is 1. The van der Waals surface area contributed by atoms with Crippen molar-refractivity contribution in [1.29, 1.82) is 0 Å². The lowest BCUT2D eigenvalue weighted by atomic mass is 9.94. The van der Waals surface area contributed by atoms with E-state index in [9.17, 15) is 4.79 Å². The largest absolute Gasteiger partial charge is 0.486 e. The zero-order valence-electron chi connectivity index (χ0n) is 11.0. The van der Waals surface area contributed by atoms with E-state index in [4.69, 9.17) is 14.6 Å². The van der Waals surface area contributed by atoms with E-state index in [2.05, 4.69) is 15.9 Å². The summed E-state index contributed by atoms with van der Waals surface area (Å²) in [5.74, 6) is 0.290. The van der Waals surface area contributed by atoms with Gasteiger partial charge in [-0.1, -0.05) is 13.8 Å². The number of ether oxygens (including phenoxy) is 2. The molecule has 0 spiro atoms. The van der Waals surface area contributed by atoms with E-state index in [1.165, 1.54) is 0 Å². The van der Waals surface area contributed by atoms with Crippen LogP contribution in [0.5, 0.6) is 11.5 Å². The minimum atomic E-state index is -0.784. The Morgan fingerprint density at radius 3 is 2.63 bits per heavy atom. The van der Waals surface area contributed by atoms with Gasteiger partial charge in [-0.05, 0) is 40.4 Å². The Morgan fingerprint density at radius 1 is 1.42 bits per heavy atom. The van der Waals surface area contributed by atoms with E-state index in [0.29, 0.717) is 19.6 Å². The number of aliphatic carboxylic acids is 1. The van der Waals surface area contributed by atoms with E-state index in [0.717, 1.165) is 33.5 Å². The molecule has 4 nitrogen and oxygen atoms in total. The molecule has 19 heavy (non-hydrogen) atoms. The molecule has 1 atom stereocenters. The summed E-state index contributed by atoms with van der Waals surface area (Å²) in [6, 6.07) is 1.95. The van der Waals surface area contributed by atoms with Crippen molar-refractivity contribution in [2.45, 2.75) is 26.7 Å². The van der Waals surface area contributed by atoms with E-state index in [-0.39, 0.29) is 0 Å². The molecule has 1 heterocycles. The van der Waals surface area contributed by atoms with Gasteiger partial charge in [0.15, 0.2) is 11.5 Å². The highest BCUT2D eigenvalue weighted by atomic mass is 79.9. The third kappa shape index (κ3) is 2.86. The fourth-order valence-corrected chi connectivity index (χ4v) is 2.83. The Labute approximate surface area is 120 Å². The number of carboxylic acids is 1. The van der Waals surface area contributed by atoms with Crippen LogP contribution in [-0.2, 0) is 17.6 Å². The van der Waals surface area contributed by atoms with E-state index >= 15 is 0 Å². The predicted molar refractivity (Wildman–Crippen MR) is 75.0 cm³/mol. The first-order valence-electron chi connectivity index (χ1n) is 6.37. The molecule has 0 aliphatic carbocycles. The second kappa shape index (κ2) is 5.82. The minimum absolute atomic E-state index is 0.417. The van der Waals surface area contributed by atoms with Gasteiger partial charge in [0.05, 0.1) is 10.4 Å². The molecule has 1 unspecified atom stereocenters. The first kappa shape index (κ1) is 14.2. The van der Waals surface area contributed by atoms with Crippen molar-refractivity contribution in [3.63, 3.8) is 0 Å². The summed E-state index contributed by atoms with van der Waals surface area (Å²) in [5.41, 5.74) is 2.06. The molecule has 5 heteroatoms. The van der Waals surface area contributed by atoms with Crippen molar-refractivity contribution in [1.82, 2.24) is 0 Å². The smallest absolute Gasteiger partial charge is 0.306 e. The van der Waals surface area contributed by atoms with Crippen LogP contribution in [-0.4, -0.2) is 24.3 Å². The summed E-state index contributed by atoms with van der Waals surface area (Å²) < 4.78 is 12.1. The Hall–Kier alpha value is -1.23. The summed E-state index contributed by atoms with van der Waals surface area (Å²) >= 11 is 3.47. The lowest BCUT2D eigenvalue weighted by Gasteiger charge is -2.24. The van der Waals surface area contributed by atoms with Crippen LogP contribution >= 0.6 is 15.9 Å². The van der Waals surface area contributed by atoms with Crippen LogP contribution in [0.25, 0.3) is 0 Å². The van der Waals surface area contributed by atoms with E-state index in [1.807, 2.05) is 13.0 Å². The van der Waals surface area contributed by atoms with Crippen LogP contribution in [0.4, 0.5) is 0 Å². The van der Waals surface area contributed by atoms with E-state index in [1.54, 1.807) is 6.92 Å². The van der Waals surface area contributed by atoms with Crippen molar-refractivity contribution >= 4 is 21.9 Å². The van der Waals surface area contributed by atoms with Crippen LogP contribution < -0.4 is 9.47 Å². The fraction of sp³-hybridized carbons (Fsp3) is 0.500. The SMILES string of the molecule is CCc1c(CC(C)C(=O)O)cc(Br)c2c1OCCO2. The molecule has 2 rings (SSSR count). The Kier molecular flexibility index (Phi) is 4.34. The molecule has 0 fully saturated rings. The minimum Gasteiger partial charge on any atom is -0.486 e. The van der Waals surface area contributed by atoms with Gasteiger partial charge >= 0.3 is 5.97 Å². The number of hydrogen-bond donors (Lipinski definition) is 1. The highest BCUT2D eigenvalue weighted by Crippen LogP contribution is 2.43. The lowest BCUT2D eigenvalue weighted by molar-refractivity contribution is -0.141. The molecule has 0 aromatic heterocycles. The van der Waals surface area contributed by atoms with Gasteiger partial charge in [-0.2, -0.15) is 0 Å². The maximum Gasteiger partial charge on any atom is 0.306 e. The molecule has 1 N–H and O–H groups in total. The quantitative estimate of drug-likeness (QED) is 0.922. The van der Waals surface area contributed by atoms with Gasteiger partial charge in [0, 0.05) is 5.56 Å². The second-order valence-corrected chi connectivity index (χ2v) is 5.50. The van der Waals surface area contributed by atoms with Crippen LogP contribution in [0.15, 0.2) is 10.5 Å². The molecule has 1 aromatic carbocycles. The first-order chi connectivity index (χ1) is 9.04. The third-order valence-corrected chi connectivity index (χ3v) is 3.85. The Bertz CT molecular complexity index is 499. The van der Waals surface area contributed by atoms with Crippen LogP contribution in [0, 0.1) is 5.92 Å². The van der Waals surface area contributed by atoms with Gasteiger partial charge in [0.25, 0.3) is 0 Å². The summed E-state index contributed by atoms with van der Waals surface area (Å²) in [5, 5.41) is 9.05. The maximum atomic E-state index is 11.0. The lowest BCUT2D eigenvalue weighted by Crippen LogP contribution is -2.19. The Balaban J connectivity index is 2.43. The number of fused-ring (bicyclic) bond motifs is 1. The van der Waals surface area contributed by atoms with Gasteiger partial charge in [-0.25, -0.2) is 0 Å². The summed E-state index contributed by atoms with van der Waals surface area (Å²) in [7, 11) is 0. The fourth-order valence-electron chi connectivity index (χ4n) is 2.26. The summed E-state index contributed by atoms with van der Waals surface area (Å²) in [4.78, 5) is 11.0. The molecule has 0 saturated heterocycles. The zero-order valence-corrected chi connectivity index (χ0v) is 12.6. The molecule has 0 radical (unpaired) electrons. The molecule has 1 aliphatic rings. The highest BCUT2D eigenvalue weighted by molar-refractivity contribution is 9.10. The zero-order chi connectivity index (χ0) is 14.0. The number of rotatable bonds is 4. The molecule has 1 aromatic rings. The third-order valence-electron chi connectivity index (χ3n) is 3.26. The topological polar surface area (TPSA) is 55.8 Å². The second-order valence-electron chi connectivity index (χ2n) is 4.65. The number of hydrogen-bond acceptors (Lipinski definition) is 3. The average Bonchev–Trinajstić information content (AvgIpc) is 2.39. The van der Waals surface area contributed by atoms with Gasteiger partial charge in [-0.3, -0.25) is 4.79 Å². The molecule has 104 valence electrons. The van der Waals surface area contributed by atoms with E-state index < -0.39 is 11.9 Å². The standard InChI is InChI=1S/C14H17BrO4/c1-3-10-9(6-8(2)14(16)17)7-11(15)13-12(10)18-4-5-19-13/h7-8H,3-6H2,1-2H3,(H,16,17). The van der Waals surface area contributed by atoms with Gasteiger partial charge < -0.3 is 14.6 Å². The monoisotopic (exact) mass is 328 g/mol. The van der Waals surface area contributed by atoms with Crippen molar-refractivity contribution < 1.29 is 19.4 Å². The summed E-state index contributed by atoms with van der Waals surface area (Å²) in [6.07, 6.45) is 1.29. The number of halogens is 1. The predicted octanol–water partition coefficient (Wildman–Crippen LogP) is 3.05. The van der Waals surface area contributed by atoms with Crippen LogP contribution in [0.2, 0.25) is 0 Å². The van der Waals surface area contributed by atoms with Gasteiger partial charge in [0.1, 0.15) is 13.2 Å². The van der Waals surface area contributed by atoms with Crippen LogP contribution in [0.3, 0.4) is 0 Å². The normalized spacial score (nSPS) is 15.1. The van der Waals surface area contributed by atoms with Crippen molar-refractivity contribution in [2.75, 3.05) is 13.2 Å². The van der Waals surface area contributed by atoms with Gasteiger partial charge in [0.2, 0.25) is 0 Å². The molecule has 0 bridgehead atoms. The molecule has 0 amide bonds. The molecule has 0 saturated carbocycles. The summed E-state index contributed by atoms with van der Waals surface area (Å²) in [6.45, 7) is 4.83.